The fraction of sp³-hybridized carbons (Fsp3) is 0.276. The molecule has 0 saturated carbocycles. The van der Waals surface area contributed by atoms with Gasteiger partial charge in [-0.15, -0.1) is 0 Å². The van der Waals surface area contributed by atoms with Crippen LogP contribution in [0.2, 0.25) is 10.0 Å². The molecule has 6 nitrogen and oxygen atoms in total. The zero-order chi connectivity index (χ0) is 26.7. The Labute approximate surface area is 238 Å². The Morgan fingerprint density at radius 1 is 0.816 bits per heavy atom. The SMILES string of the molecule is CC1(C)CC(NCCNc2ccnc3cc(Cl)ccc23)=CC(=S)N1CCNc1ccnc2cc(Cl)ccc12. The van der Waals surface area contributed by atoms with Gasteiger partial charge in [-0.2, -0.15) is 0 Å². The molecule has 5 rings (SSSR count). The van der Waals surface area contributed by atoms with E-state index in [2.05, 4.69) is 50.7 Å². The second kappa shape index (κ2) is 11.3. The molecule has 0 aliphatic carbocycles. The molecule has 1 aliphatic rings. The molecule has 3 heterocycles. The summed E-state index contributed by atoms with van der Waals surface area (Å²) in [4.78, 5) is 12.0. The van der Waals surface area contributed by atoms with Crippen molar-refractivity contribution in [3.05, 3.63) is 82.7 Å². The quantitative estimate of drug-likeness (QED) is 0.151. The Kier molecular flexibility index (Phi) is 7.88. The molecule has 0 unspecified atom stereocenters. The third-order valence-electron chi connectivity index (χ3n) is 6.77. The maximum atomic E-state index is 6.13. The fourth-order valence-electron chi connectivity index (χ4n) is 4.94. The first-order valence-electron chi connectivity index (χ1n) is 12.6. The van der Waals surface area contributed by atoms with Crippen molar-refractivity contribution >= 4 is 73.6 Å². The second-order valence-corrected chi connectivity index (χ2v) is 11.3. The van der Waals surface area contributed by atoms with Gasteiger partial charge in [0, 0.05) is 88.4 Å². The molecule has 0 radical (unpaired) electrons. The van der Waals surface area contributed by atoms with Gasteiger partial charge in [-0.05, 0) is 68.5 Å². The zero-order valence-electron chi connectivity index (χ0n) is 21.4. The molecule has 0 spiro atoms. The molecule has 3 N–H and O–H groups in total. The highest BCUT2D eigenvalue weighted by atomic mass is 35.5. The Bertz CT molecular complexity index is 1520. The molecule has 0 atom stereocenters. The lowest BCUT2D eigenvalue weighted by Gasteiger charge is -2.44. The monoisotopic (exact) mass is 564 g/mol. The van der Waals surface area contributed by atoms with E-state index in [0.717, 1.165) is 76.5 Å². The van der Waals surface area contributed by atoms with Crippen molar-refractivity contribution in [2.24, 2.45) is 0 Å². The van der Waals surface area contributed by atoms with Crippen LogP contribution in [0.1, 0.15) is 20.3 Å². The summed E-state index contributed by atoms with van der Waals surface area (Å²) >= 11 is 18.1. The number of halogens is 2. The Hall–Kier alpha value is -3.13. The topological polar surface area (TPSA) is 65.1 Å². The number of aromatic nitrogens is 2. The average Bonchev–Trinajstić information content (AvgIpc) is 2.87. The predicted molar refractivity (Wildman–Crippen MR) is 165 cm³/mol. The van der Waals surface area contributed by atoms with Crippen molar-refractivity contribution < 1.29 is 0 Å². The first-order chi connectivity index (χ1) is 18.3. The minimum atomic E-state index is -0.0995. The summed E-state index contributed by atoms with van der Waals surface area (Å²) in [5.74, 6) is 0. The maximum Gasteiger partial charge on any atom is 0.104 e. The number of hydrogen-bond donors (Lipinski definition) is 3. The number of benzene rings is 2. The van der Waals surface area contributed by atoms with Crippen molar-refractivity contribution in [1.82, 2.24) is 20.2 Å². The number of pyridine rings is 2. The van der Waals surface area contributed by atoms with E-state index < -0.39 is 0 Å². The molecule has 38 heavy (non-hydrogen) atoms. The molecular formula is C29H30Cl2N6S. The van der Waals surface area contributed by atoms with E-state index in [1.54, 1.807) is 12.4 Å². The lowest BCUT2D eigenvalue weighted by Crippen LogP contribution is -2.52. The summed E-state index contributed by atoms with van der Waals surface area (Å²) in [6.07, 6.45) is 6.59. The molecule has 2 aromatic carbocycles. The van der Waals surface area contributed by atoms with Gasteiger partial charge >= 0.3 is 0 Å². The molecule has 2 aromatic heterocycles. The average molecular weight is 566 g/mol. The van der Waals surface area contributed by atoms with Crippen molar-refractivity contribution in [2.75, 3.05) is 36.8 Å². The van der Waals surface area contributed by atoms with Crippen LogP contribution in [0, 0.1) is 0 Å². The molecule has 1 aliphatic heterocycles. The number of nitrogens with one attached hydrogen (secondary N) is 3. The first-order valence-corrected chi connectivity index (χ1v) is 13.8. The maximum absolute atomic E-state index is 6.13. The summed E-state index contributed by atoms with van der Waals surface area (Å²) < 4.78 is 0. The van der Waals surface area contributed by atoms with Gasteiger partial charge in [0.1, 0.15) is 4.99 Å². The van der Waals surface area contributed by atoms with E-state index in [4.69, 9.17) is 35.4 Å². The largest absolute Gasteiger partial charge is 0.386 e. The lowest BCUT2D eigenvalue weighted by atomic mass is 9.92. The minimum absolute atomic E-state index is 0.0995. The van der Waals surface area contributed by atoms with Crippen LogP contribution in [-0.4, -0.2) is 51.6 Å². The number of thiocarbonyl (C=S) groups is 1. The first kappa shape index (κ1) is 26.5. The van der Waals surface area contributed by atoms with E-state index >= 15 is 0 Å². The Morgan fingerprint density at radius 3 is 1.95 bits per heavy atom. The Balaban J connectivity index is 1.15. The van der Waals surface area contributed by atoms with Crippen molar-refractivity contribution in [1.29, 1.82) is 0 Å². The number of rotatable bonds is 9. The standard InChI is InChI=1S/C29H30Cl2N6S/c1-29(2)18-21(32-11-12-35-24-7-9-33-26-15-19(30)3-5-22(24)26)17-28(38)37(29)14-13-36-25-8-10-34-27-16-20(31)4-6-23(25)27/h3-10,15-17,32H,11-14,18H2,1-2H3,(H,33,35)(H,34,36). The number of fused-ring (bicyclic) bond motifs is 2. The second-order valence-electron chi connectivity index (χ2n) is 9.97. The summed E-state index contributed by atoms with van der Waals surface area (Å²) in [5, 5.41) is 14.1. The van der Waals surface area contributed by atoms with Gasteiger partial charge in [0.15, 0.2) is 0 Å². The molecule has 0 amide bonds. The van der Waals surface area contributed by atoms with E-state index in [-0.39, 0.29) is 5.54 Å². The van der Waals surface area contributed by atoms with Gasteiger partial charge in [0.05, 0.1) is 11.0 Å². The third kappa shape index (κ3) is 5.96. The predicted octanol–water partition coefficient (Wildman–Crippen LogP) is 6.90. The Morgan fingerprint density at radius 2 is 1.37 bits per heavy atom. The number of anilines is 2. The van der Waals surface area contributed by atoms with Gasteiger partial charge in [0.2, 0.25) is 0 Å². The van der Waals surface area contributed by atoms with E-state index in [9.17, 15) is 0 Å². The van der Waals surface area contributed by atoms with Gasteiger partial charge in [-0.25, -0.2) is 0 Å². The van der Waals surface area contributed by atoms with Crippen LogP contribution in [0.4, 0.5) is 11.4 Å². The molecule has 0 bridgehead atoms. The van der Waals surface area contributed by atoms with E-state index in [1.165, 1.54) is 0 Å². The molecule has 9 heteroatoms. The van der Waals surface area contributed by atoms with Gasteiger partial charge < -0.3 is 20.9 Å². The highest BCUT2D eigenvalue weighted by Gasteiger charge is 2.32. The highest BCUT2D eigenvalue weighted by Crippen LogP contribution is 2.29. The van der Waals surface area contributed by atoms with Gasteiger partial charge in [-0.3, -0.25) is 9.97 Å². The van der Waals surface area contributed by atoms with Crippen LogP contribution in [0.25, 0.3) is 21.8 Å². The molecule has 4 aromatic rings. The van der Waals surface area contributed by atoms with Crippen LogP contribution in [0.3, 0.4) is 0 Å². The molecule has 0 fully saturated rings. The van der Waals surface area contributed by atoms with Crippen LogP contribution in [-0.2, 0) is 0 Å². The smallest absolute Gasteiger partial charge is 0.104 e. The van der Waals surface area contributed by atoms with Gasteiger partial charge in [-0.1, -0.05) is 35.4 Å². The molecule has 196 valence electrons. The summed E-state index contributed by atoms with van der Waals surface area (Å²) in [6.45, 7) is 7.59. The highest BCUT2D eigenvalue weighted by molar-refractivity contribution is 7.80. The van der Waals surface area contributed by atoms with Crippen molar-refractivity contribution in [3.63, 3.8) is 0 Å². The molecular weight excluding hydrogens is 535 g/mol. The summed E-state index contributed by atoms with van der Waals surface area (Å²) in [5.41, 5.74) is 4.92. The number of nitrogens with zero attached hydrogens (tertiary/aromatic N) is 3. The van der Waals surface area contributed by atoms with Crippen LogP contribution in [0.5, 0.6) is 0 Å². The van der Waals surface area contributed by atoms with Crippen LogP contribution < -0.4 is 16.0 Å². The minimum Gasteiger partial charge on any atom is -0.386 e. The third-order valence-corrected chi connectivity index (χ3v) is 7.58. The zero-order valence-corrected chi connectivity index (χ0v) is 23.7. The fourth-order valence-corrected chi connectivity index (χ4v) is 5.75. The van der Waals surface area contributed by atoms with Crippen molar-refractivity contribution in [3.8, 4) is 0 Å². The lowest BCUT2D eigenvalue weighted by molar-refractivity contribution is 0.214. The normalized spacial score (nSPS) is 15.0. The summed E-state index contributed by atoms with van der Waals surface area (Å²) in [6, 6.07) is 15.5. The van der Waals surface area contributed by atoms with Crippen LogP contribution >= 0.6 is 35.4 Å². The van der Waals surface area contributed by atoms with Crippen LogP contribution in [0.15, 0.2) is 72.7 Å². The summed E-state index contributed by atoms with van der Waals surface area (Å²) in [7, 11) is 0. The van der Waals surface area contributed by atoms with Gasteiger partial charge in [0.25, 0.3) is 0 Å². The van der Waals surface area contributed by atoms with Crippen molar-refractivity contribution in [2.45, 2.75) is 25.8 Å². The van der Waals surface area contributed by atoms with E-state index in [0.29, 0.717) is 10.0 Å². The van der Waals surface area contributed by atoms with E-state index in [1.807, 2.05) is 48.5 Å². The molecule has 0 saturated heterocycles. The number of hydrogen-bond acceptors (Lipinski definition) is 6.